The smallest absolute Gasteiger partial charge is 0.161 e. The van der Waals surface area contributed by atoms with Gasteiger partial charge in [0.25, 0.3) is 0 Å². The molecule has 0 amide bonds. The van der Waals surface area contributed by atoms with Crippen LogP contribution in [0.2, 0.25) is 0 Å². The van der Waals surface area contributed by atoms with Crippen LogP contribution in [0.4, 0.5) is 0 Å². The molecule has 3 rings (SSSR count). The lowest BCUT2D eigenvalue weighted by Gasteiger charge is -2.29. The molecule has 1 aromatic carbocycles. The number of likely N-dealkylation sites (tertiary alicyclic amines) is 1. The van der Waals surface area contributed by atoms with Crippen molar-refractivity contribution in [1.82, 2.24) is 10.2 Å². The van der Waals surface area contributed by atoms with Crippen molar-refractivity contribution in [3.63, 3.8) is 0 Å². The molecule has 0 aliphatic carbocycles. The molecule has 5 heteroatoms. The molecule has 134 valence electrons. The second-order valence-corrected chi connectivity index (χ2v) is 6.74. The van der Waals surface area contributed by atoms with E-state index in [1.165, 1.54) is 5.56 Å². The van der Waals surface area contributed by atoms with Gasteiger partial charge in [-0.25, -0.2) is 0 Å². The average molecular weight is 334 g/mol. The lowest BCUT2D eigenvalue weighted by Crippen LogP contribution is -2.37. The van der Waals surface area contributed by atoms with Crippen LogP contribution in [0, 0.1) is 0 Å². The van der Waals surface area contributed by atoms with Crippen LogP contribution in [0.15, 0.2) is 18.2 Å². The third-order valence-electron chi connectivity index (χ3n) is 4.98. The zero-order valence-electron chi connectivity index (χ0n) is 14.7. The van der Waals surface area contributed by atoms with Crippen LogP contribution in [0.5, 0.6) is 11.5 Å². The lowest BCUT2D eigenvalue weighted by molar-refractivity contribution is 0.0820. The van der Waals surface area contributed by atoms with Crippen molar-refractivity contribution < 1.29 is 14.6 Å². The molecule has 2 aliphatic heterocycles. The predicted molar refractivity (Wildman–Crippen MR) is 94.8 cm³/mol. The van der Waals surface area contributed by atoms with Crippen molar-refractivity contribution in [3.8, 4) is 11.5 Å². The molecule has 24 heavy (non-hydrogen) atoms. The van der Waals surface area contributed by atoms with Crippen LogP contribution < -0.4 is 14.8 Å². The second-order valence-electron chi connectivity index (χ2n) is 6.74. The molecular weight excluding hydrogens is 304 g/mol. The molecule has 1 saturated heterocycles. The Morgan fingerprint density at radius 3 is 2.71 bits per heavy atom. The minimum atomic E-state index is -0.0842. The number of benzene rings is 1. The summed E-state index contributed by atoms with van der Waals surface area (Å²) in [5, 5.41) is 13.2. The molecular formula is C19H30N2O3. The predicted octanol–water partition coefficient (Wildman–Crippen LogP) is 2.35. The molecule has 2 aliphatic rings. The number of hydrogen-bond acceptors (Lipinski definition) is 5. The highest BCUT2D eigenvalue weighted by Crippen LogP contribution is 2.33. The fraction of sp³-hybridized carbons (Fsp3) is 0.684. The van der Waals surface area contributed by atoms with Crippen LogP contribution in [-0.4, -0.2) is 55.5 Å². The van der Waals surface area contributed by atoms with Gasteiger partial charge in [0, 0.05) is 19.1 Å². The molecule has 5 nitrogen and oxygen atoms in total. The highest BCUT2D eigenvalue weighted by atomic mass is 16.6. The van der Waals surface area contributed by atoms with Crippen LogP contribution in [-0.2, 0) is 0 Å². The van der Waals surface area contributed by atoms with E-state index in [-0.39, 0.29) is 6.10 Å². The summed E-state index contributed by atoms with van der Waals surface area (Å²) >= 11 is 0. The van der Waals surface area contributed by atoms with E-state index in [0.29, 0.717) is 19.3 Å². The SMILES string of the molecule is CCC(NCCCN1CCC(O)CC1)c1ccc2c(c1)OCCO2. The summed E-state index contributed by atoms with van der Waals surface area (Å²) in [6, 6.07) is 6.62. The van der Waals surface area contributed by atoms with E-state index in [1.54, 1.807) is 0 Å². The monoisotopic (exact) mass is 334 g/mol. The molecule has 2 heterocycles. The van der Waals surface area contributed by atoms with Crippen molar-refractivity contribution in [2.75, 3.05) is 39.4 Å². The Labute approximate surface area is 144 Å². The van der Waals surface area contributed by atoms with E-state index in [9.17, 15) is 5.11 Å². The van der Waals surface area contributed by atoms with Gasteiger partial charge in [0.05, 0.1) is 6.10 Å². The van der Waals surface area contributed by atoms with Crippen molar-refractivity contribution in [2.45, 2.75) is 44.8 Å². The van der Waals surface area contributed by atoms with Gasteiger partial charge in [0.2, 0.25) is 0 Å². The molecule has 1 aromatic rings. The number of hydrogen-bond donors (Lipinski definition) is 2. The summed E-state index contributed by atoms with van der Waals surface area (Å²) in [4.78, 5) is 2.46. The Bertz CT molecular complexity index is 515. The fourth-order valence-corrected chi connectivity index (χ4v) is 3.50. The van der Waals surface area contributed by atoms with Gasteiger partial charge in [0.1, 0.15) is 13.2 Å². The van der Waals surface area contributed by atoms with Gasteiger partial charge >= 0.3 is 0 Å². The van der Waals surface area contributed by atoms with Gasteiger partial charge in [0.15, 0.2) is 11.5 Å². The topological polar surface area (TPSA) is 54.0 Å². The first-order chi connectivity index (χ1) is 11.8. The van der Waals surface area contributed by atoms with Gasteiger partial charge in [-0.05, 0) is 56.5 Å². The molecule has 1 atom stereocenters. The van der Waals surface area contributed by atoms with E-state index < -0.39 is 0 Å². The lowest BCUT2D eigenvalue weighted by atomic mass is 10.0. The Balaban J connectivity index is 1.45. The number of aliphatic hydroxyl groups excluding tert-OH is 1. The number of fused-ring (bicyclic) bond motifs is 1. The van der Waals surface area contributed by atoms with E-state index in [4.69, 9.17) is 9.47 Å². The first-order valence-corrected chi connectivity index (χ1v) is 9.29. The Hall–Kier alpha value is -1.30. The Morgan fingerprint density at radius 2 is 1.96 bits per heavy atom. The highest BCUT2D eigenvalue weighted by molar-refractivity contribution is 5.44. The van der Waals surface area contributed by atoms with Crippen molar-refractivity contribution in [3.05, 3.63) is 23.8 Å². The van der Waals surface area contributed by atoms with E-state index in [0.717, 1.165) is 63.4 Å². The molecule has 0 radical (unpaired) electrons. The first-order valence-electron chi connectivity index (χ1n) is 9.29. The Kier molecular flexibility index (Phi) is 6.35. The van der Waals surface area contributed by atoms with Gasteiger partial charge < -0.3 is 24.8 Å². The minimum Gasteiger partial charge on any atom is -0.486 e. The van der Waals surface area contributed by atoms with Gasteiger partial charge in [-0.15, -0.1) is 0 Å². The summed E-state index contributed by atoms with van der Waals surface area (Å²) in [7, 11) is 0. The number of rotatable bonds is 7. The summed E-state index contributed by atoms with van der Waals surface area (Å²) in [6.45, 7) is 7.64. The quantitative estimate of drug-likeness (QED) is 0.750. The maximum Gasteiger partial charge on any atom is 0.161 e. The largest absolute Gasteiger partial charge is 0.486 e. The second kappa shape index (κ2) is 8.70. The van der Waals surface area contributed by atoms with Gasteiger partial charge in [-0.3, -0.25) is 0 Å². The highest BCUT2D eigenvalue weighted by Gasteiger charge is 2.17. The summed E-state index contributed by atoms with van der Waals surface area (Å²) in [5.74, 6) is 1.72. The number of nitrogens with zero attached hydrogens (tertiary/aromatic N) is 1. The maximum atomic E-state index is 9.56. The molecule has 1 fully saturated rings. The zero-order chi connectivity index (χ0) is 16.8. The van der Waals surface area contributed by atoms with Gasteiger partial charge in [-0.1, -0.05) is 13.0 Å². The molecule has 0 aromatic heterocycles. The van der Waals surface area contributed by atoms with E-state index in [2.05, 4.69) is 29.3 Å². The number of piperidine rings is 1. The van der Waals surface area contributed by atoms with E-state index >= 15 is 0 Å². The van der Waals surface area contributed by atoms with Crippen molar-refractivity contribution in [1.29, 1.82) is 0 Å². The van der Waals surface area contributed by atoms with Crippen LogP contribution in [0.1, 0.15) is 44.2 Å². The first kappa shape index (κ1) is 17.5. The fourth-order valence-electron chi connectivity index (χ4n) is 3.50. The third kappa shape index (κ3) is 4.62. The van der Waals surface area contributed by atoms with Crippen LogP contribution >= 0.6 is 0 Å². The normalized spacial score (nSPS) is 20.1. The molecule has 2 N–H and O–H groups in total. The van der Waals surface area contributed by atoms with Crippen molar-refractivity contribution >= 4 is 0 Å². The molecule has 1 unspecified atom stereocenters. The van der Waals surface area contributed by atoms with Crippen LogP contribution in [0.25, 0.3) is 0 Å². The number of ether oxygens (including phenoxy) is 2. The summed E-state index contributed by atoms with van der Waals surface area (Å²) < 4.78 is 11.3. The maximum absolute atomic E-state index is 9.56. The van der Waals surface area contributed by atoms with Gasteiger partial charge in [-0.2, -0.15) is 0 Å². The number of aliphatic hydroxyl groups is 1. The molecule has 0 bridgehead atoms. The minimum absolute atomic E-state index is 0.0842. The average Bonchev–Trinajstić information content (AvgIpc) is 2.63. The zero-order valence-corrected chi connectivity index (χ0v) is 14.7. The van der Waals surface area contributed by atoms with Crippen molar-refractivity contribution in [2.24, 2.45) is 0 Å². The summed E-state index contributed by atoms with van der Waals surface area (Å²) in [6.07, 6.45) is 3.94. The molecule has 0 saturated carbocycles. The number of nitrogens with one attached hydrogen (secondary N) is 1. The third-order valence-corrected chi connectivity index (χ3v) is 4.98. The summed E-state index contributed by atoms with van der Waals surface area (Å²) in [5.41, 5.74) is 1.27. The van der Waals surface area contributed by atoms with Crippen LogP contribution in [0.3, 0.4) is 0 Å². The Morgan fingerprint density at radius 1 is 1.21 bits per heavy atom. The van der Waals surface area contributed by atoms with E-state index in [1.807, 2.05) is 6.07 Å². The standard InChI is InChI=1S/C19H30N2O3/c1-2-17(15-4-5-18-19(14-15)24-13-12-23-18)20-8-3-9-21-10-6-16(22)7-11-21/h4-5,14,16-17,20,22H,2-3,6-13H2,1H3. The molecule has 0 spiro atoms.